The lowest BCUT2D eigenvalue weighted by atomic mass is 10.2. The Labute approximate surface area is 114 Å². The number of nitrogens with one attached hydrogen (secondary N) is 1. The van der Waals surface area contributed by atoms with Crippen molar-refractivity contribution in [1.82, 2.24) is 10.2 Å². The van der Waals surface area contributed by atoms with Gasteiger partial charge in [-0.15, -0.1) is 5.10 Å². The topological polar surface area (TPSA) is 81.2 Å². The lowest BCUT2D eigenvalue weighted by molar-refractivity contribution is -0.116. The predicted molar refractivity (Wildman–Crippen MR) is 73.0 cm³/mol. The number of fused-ring (bicyclic) bond motifs is 1. The van der Waals surface area contributed by atoms with Gasteiger partial charge in [-0.3, -0.25) is 10.1 Å². The third-order valence-corrected chi connectivity index (χ3v) is 2.78. The minimum atomic E-state index is -0.146. The molecule has 2 aromatic heterocycles. The van der Waals surface area contributed by atoms with Gasteiger partial charge in [-0.2, -0.15) is 0 Å². The highest BCUT2D eigenvalue weighted by Crippen LogP contribution is 2.27. The Morgan fingerprint density at radius 2 is 2.10 bits per heavy atom. The quantitative estimate of drug-likeness (QED) is 0.787. The molecule has 1 amide bonds. The van der Waals surface area contributed by atoms with Gasteiger partial charge in [0.15, 0.2) is 5.76 Å². The summed E-state index contributed by atoms with van der Waals surface area (Å²) >= 11 is 0. The number of amides is 1. The fourth-order valence-electron chi connectivity index (χ4n) is 1.87. The van der Waals surface area contributed by atoms with Crippen LogP contribution in [-0.4, -0.2) is 16.1 Å². The number of carbonyl (C=O) groups excluding carboxylic acids is 1. The summed E-state index contributed by atoms with van der Waals surface area (Å²) in [6.45, 7) is 1.92. The first-order valence-corrected chi connectivity index (χ1v) is 6.38. The monoisotopic (exact) mass is 271 g/mol. The molecule has 1 N–H and O–H groups in total. The maximum absolute atomic E-state index is 11.4. The third-order valence-electron chi connectivity index (χ3n) is 2.78. The van der Waals surface area contributed by atoms with Crippen LogP contribution >= 0.6 is 0 Å². The average Bonchev–Trinajstić information content (AvgIpc) is 3.04. The molecule has 0 aliphatic heterocycles. The van der Waals surface area contributed by atoms with Gasteiger partial charge in [0.2, 0.25) is 5.91 Å². The molecule has 0 saturated heterocycles. The Kier molecular flexibility index (Phi) is 3.20. The van der Waals surface area contributed by atoms with Crippen molar-refractivity contribution in [1.29, 1.82) is 0 Å². The van der Waals surface area contributed by atoms with Crippen LogP contribution in [0.25, 0.3) is 22.6 Å². The molecule has 0 unspecified atom stereocenters. The number of hydrogen-bond acceptors (Lipinski definition) is 5. The Hall–Kier alpha value is -2.63. The van der Waals surface area contributed by atoms with Crippen molar-refractivity contribution in [3.63, 3.8) is 0 Å². The van der Waals surface area contributed by atoms with E-state index in [1.807, 2.05) is 37.3 Å². The molecule has 0 radical (unpaired) electrons. The van der Waals surface area contributed by atoms with E-state index in [2.05, 4.69) is 15.5 Å². The van der Waals surface area contributed by atoms with E-state index >= 15 is 0 Å². The molecule has 0 saturated carbocycles. The Balaban J connectivity index is 1.84. The molecule has 6 heteroatoms. The maximum Gasteiger partial charge on any atom is 0.322 e. The fourth-order valence-corrected chi connectivity index (χ4v) is 1.87. The molecular formula is C14H13N3O3. The second-order valence-corrected chi connectivity index (χ2v) is 4.36. The van der Waals surface area contributed by atoms with Crippen molar-refractivity contribution in [2.75, 3.05) is 5.32 Å². The Bertz CT molecular complexity index is 712. The summed E-state index contributed by atoms with van der Waals surface area (Å²) in [5, 5.41) is 11.1. The van der Waals surface area contributed by atoms with E-state index in [0.29, 0.717) is 12.2 Å². The summed E-state index contributed by atoms with van der Waals surface area (Å²) in [5.74, 6) is 0.579. The predicted octanol–water partition coefficient (Wildman–Crippen LogP) is 3.22. The highest BCUT2D eigenvalue weighted by molar-refractivity contribution is 5.88. The zero-order valence-electron chi connectivity index (χ0n) is 10.9. The number of benzene rings is 1. The summed E-state index contributed by atoms with van der Waals surface area (Å²) in [7, 11) is 0. The number of nitrogens with zero attached hydrogens (tertiary/aromatic N) is 2. The van der Waals surface area contributed by atoms with Gasteiger partial charge in [-0.1, -0.05) is 30.2 Å². The molecule has 0 aliphatic carbocycles. The fraction of sp³-hybridized carbons (Fsp3) is 0.214. The molecule has 3 aromatic rings. The summed E-state index contributed by atoms with van der Waals surface area (Å²) < 4.78 is 11.0. The SMILES string of the molecule is CCCC(=O)Nc1nnc(-c2cc3ccccc3o2)o1. The van der Waals surface area contributed by atoms with Gasteiger partial charge in [0.1, 0.15) is 5.58 Å². The molecule has 1 aromatic carbocycles. The van der Waals surface area contributed by atoms with Crippen molar-refractivity contribution in [3.05, 3.63) is 30.3 Å². The van der Waals surface area contributed by atoms with Crippen molar-refractivity contribution < 1.29 is 13.6 Å². The van der Waals surface area contributed by atoms with Crippen molar-refractivity contribution in [3.8, 4) is 11.7 Å². The van der Waals surface area contributed by atoms with E-state index in [1.165, 1.54) is 0 Å². The van der Waals surface area contributed by atoms with Crippen LogP contribution in [0.4, 0.5) is 6.01 Å². The molecule has 0 fully saturated rings. The van der Waals surface area contributed by atoms with Crippen LogP contribution in [0.3, 0.4) is 0 Å². The summed E-state index contributed by atoms with van der Waals surface area (Å²) in [4.78, 5) is 11.4. The highest BCUT2D eigenvalue weighted by Gasteiger charge is 2.14. The van der Waals surface area contributed by atoms with Gasteiger partial charge in [0, 0.05) is 11.8 Å². The van der Waals surface area contributed by atoms with E-state index in [1.54, 1.807) is 0 Å². The van der Waals surface area contributed by atoms with E-state index in [9.17, 15) is 4.79 Å². The number of anilines is 1. The molecule has 6 nitrogen and oxygen atoms in total. The van der Waals surface area contributed by atoms with Gasteiger partial charge in [-0.05, 0) is 18.6 Å². The smallest absolute Gasteiger partial charge is 0.322 e. The zero-order chi connectivity index (χ0) is 13.9. The van der Waals surface area contributed by atoms with Crippen LogP contribution in [0, 0.1) is 0 Å². The van der Waals surface area contributed by atoms with E-state index < -0.39 is 0 Å². The van der Waals surface area contributed by atoms with Crippen molar-refractivity contribution in [2.45, 2.75) is 19.8 Å². The van der Waals surface area contributed by atoms with Gasteiger partial charge in [0.05, 0.1) is 0 Å². The molecule has 0 aliphatic rings. The normalized spacial score (nSPS) is 10.8. The van der Waals surface area contributed by atoms with Crippen LogP contribution in [-0.2, 0) is 4.79 Å². The number of aromatic nitrogens is 2. The van der Waals surface area contributed by atoms with Crippen LogP contribution in [0.15, 0.2) is 39.2 Å². The van der Waals surface area contributed by atoms with Crippen LogP contribution in [0.5, 0.6) is 0 Å². The lowest BCUT2D eigenvalue weighted by Crippen LogP contribution is -2.10. The Morgan fingerprint density at radius 1 is 1.25 bits per heavy atom. The minimum absolute atomic E-state index is 0.0823. The number of rotatable bonds is 4. The van der Waals surface area contributed by atoms with Gasteiger partial charge < -0.3 is 8.83 Å². The molecular weight excluding hydrogens is 258 g/mol. The maximum atomic E-state index is 11.4. The van der Waals surface area contributed by atoms with Crippen molar-refractivity contribution in [2.24, 2.45) is 0 Å². The summed E-state index contributed by atoms with van der Waals surface area (Å²) in [6, 6.07) is 9.51. The average molecular weight is 271 g/mol. The number of hydrogen-bond donors (Lipinski definition) is 1. The molecule has 20 heavy (non-hydrogen) atoms. The molecule has 2 heterocycles. The summed E-state index contributed by atoms with van der Waals surface area (Å²) in [6.07, 6.45) is 1.18. The second-order valence-electron chi connectivity index (χ2n) is 4.36. The largest absolute Gasteiger partial charge is 0.451 e. The molecule has 102 valence electrons. The van der Waals surface area contributed by atoms with Gasteiger partial charge >= 0.3 is 6.01 Å². The van der Waals surface area contributed by atoms with Crippen LogP contribution < -0.4 is 5.32 Å². The van der Waals surface area contributed by atoms with Crippen LogP contribution in [0.2, 0.25) is 0 Å². The molecule has 0 spiro atoms. The highest BCUT2D eigenvalue weighted by atomic mass is 16.4. The number of furan rings is 1. The first-order chi connectivity index (χ1) is 9.76. The first kappa shape index (κ1) is 12.4. The van der Waals surface area contributed by atoms with Crippen molar-refractivity contribution >= 4 is 22.9 Å². The second kappa shape index (κ2) is 5.16. The molecule has 0 bridgehead atoms. The standard InChI is InChI=1S/C14H13N3O3/c1-2-5-12(18)15-14-17-16-13(20-14)11-8-9-6-3-4-7-10(9)19-11/h3-4,6-8H,2,5H2,1H3,(H,15,17,18). The molecule has 0 atom stereocenters. The summed E-state index contributed by atoms with van der Waals surface area (Å²) in [5.41, 5.74) is 0.747. The minimum Gasteiger partial charge on any atom is -0.451 e. The van der Waals surface area contributed by atoms with E-state index in [4.69, 9.17) is 8.83 Å². The van der Waals surface area contributed by atoms with Gasteiger partial charge in [0.25, 0.3) is 5.89 Å². The van der Waals surface area contributed by atoms with Gasteiger partial charge in [-0.25, -0.2) is 0 Å². The lowest BCUT2D eigenvalue weighted by Gasteiger charge is -1.96. The number of para-hydroxylation sites is 1. The first-order valence-electron chi connectivity index (χ1n) is 6.38. The van der Waals surface area contributed by atoms with Crippen LogP contribution in [0.1, 0.15) is 19.8 Å². The Morgan fingerprint density at radius 3 is 2.90 bits per heavy atom. The van der Waals surface area contributed by atoms with E-state index in [-0.39, 0.29) is 17.8 Å². The third kappa shape index (κ3) is 2.40. The number of carbonyl (C=O) groups is 1. The van der Waals surface area contributed by atoms with E-state index in [0.717, 1.165) is 17.4 Å². The molecule has 3 rings (SSSR count). The zero-order valence-corrected chi connectivity index (χ0v) is 10.9.